The second-order valence-corrected chi connectivity index (χ2v) is 4.38. The number of halogens is 3. The standard InChI is InChI=1S/C10H12Cl3N/c1-14(5-4-11)7-8-2-3-9(12)6-10(8)13/h2-3,6H,4-5,7H2,1H3. The highest BCUT2D eigenvalue weighted by molar-refractivity contribution is 6.35. The third-order valence-corrected chi connectivity index (χ3v) is 2.68. The molecule has 0 saturated carbocycles. The van der Waals surface area contributed by atoms with Crippen LogP contribution in [-0.2, 0) is 6.54 Å². The summed E-state index contributed by atoms with van der Waals surface area (Å²) in [7, 11) is 2.01. The van der Waals surface area contributed by atoms with Crippen LogP contribution in [0.5, 0.6) is 0 Å². The van der Waals surface area contributed by atoms with Gasteiger partial charge in [-0.15, -0.1) is 11.6 Å². The fraction of sp³-hybridized carbons (Fsp3) is 0.400. The molecule has 78 valence electrons. The van der Waals surface area contributed by atoms with Crippen LogP contribution in [0.3, 0.4) is 0 Å². The summed E-state index contributed by atoms with van der Waals surface area (Å²) in [5.74, 6) is 0.627. The Kier molecular flexibility index (Phi) is 5.04. The molecule has 0 aromatic heterocycles. The van der Waals surface area contributed by atoms with Gasteiger partial charge in [0.15, 0.2) is 0 Å². The van der Waals surface area contributed by atoms with Gasteiger partial charge in [0.2, 0.25) is 0 Å². The molecule has 0 heterocycles. The summed E-state index contributed by atoms with van der Waals surface area (Å²) in [5, 5.41) is 1.37. The lowest BCUT2D eigenvalue weighted by Crippen LogP contribution is -2.20. The lowest BCUT2D eigenvalue weighted by atomic mass is 10.2. The van der Waals surface area contributed by atoms with Gasteiger partial charge in [-0.1, -0.05) is 29.3 Å². The van der Waals surface area contributed by atoms with E-state index < -0.39 is 0 Å². The van der Waals surface area contributed by atoms with E-state index in [1.54, 1.807) is 6.07 Å². The molecule has 0 bridgehead atoms. The fourth-order valence-corrected chi connectivity index (χ4v) is 1.92. The largest absolute Gasteiger partial charge is 0.301 e. The molecule has 0 amide bonds. The van der Waals surface area contributed by atoms with E-state index in [4.69, 9.17) is 34.8 Å². The predicted octanol–water partition coefficient (Wildman–Crippen LogP) is 3.66. The quantitative estimate of drug-likeness (QED) is 0.739. The number of rotatable bonds is 4. The van der Waals surface area contributed by atoms with E-state index in [0.29, 0.717) is 15.9 Å². The second kappa shape index (κ2) is 5.82. The maximum atomic E-state index is 6.03. The van der Waals surface area contributed by atoms with E-state index in [1.165, 1.54) is 0 Å². The molecule has 0 unspecified atom stereocenters. The lowest BCUT2D eigenvalue weighted by molar-refractivity contribution is 0.348. The van der Waals surface area contributed by atoms with Crippen molar-refractivity contribution in [2.75, 3.05) is 19.5 Å². The summed E-state index contributed by atoms with van der Waals surface area (Å²) < 4.78 is 0. The molecular weight excluding hydrogens is 240 g/mol. The van der Waals surface area contributed by atoms with Gasteiger partial charge in [0, 0.05) is 29.0 Å². The molecule has 0 aliphatic rings. The molecule has 14 heavy (non-hydrogen) atoms. The minimum Gasteiger partial charge on any atom is -0.301 e. The first-order valence-corrected chi connectivity index (χ1v) is 5.61. The first-order valence-electron chi connectivity index (χ1n) is 4.32. The summed E-state index contributed by atoms with van der Waals surface area (Å²) in [5.41, 5.74) is 1.07. The summed E-state index contributed by atoms with van der Waals surface area (Å²) in [6.45, 7) is 1.64. The van der Waals surface area contributed by atoms with E-state index >= 15 is 0 Å². The van der Waals surface area contributed by atoms with Crippen LogP contribution in [0.4, 0.5) is 0 Å². The van der Waals surface area contributed by atoms with Crippen molar-refractivity contribution in [2.45, 2.75) is 6.54 Å². The average molecular weight is 253 g/mol. The van der Waals surface area contributed by atoms with E-state index in [-0.39, 0.29) is 0 Å². The summed E-state index contributed by atoms with van der Waals surface area (Å²) in [6, 6.07) is 5.54. The van der Waals surface area contributed by atoms with Crippen molar-refractivity contribution < 1.29 is 0 Å². The van der Waals surface area contributed by atoms with Gasteiger partial charge in [-0.25, -0.2) is 0 Å². The van der Waals surface area contributed by atoms with Crippen molar-refractivity contribution in [3.05, 3.63) is 33.8 Å². The molecule has 1 aromatic carbocycles. The van der Waals surface area contributed by atoms with Gasteiger partial charge in [-0.2, -0.15) is 0 Å². The monoisotopic (exact) mass is 251 g/mol. The van der Waals surface area contributed by atoms with E-state index in [2.05, 4.69) is 4.90 Å². The molecule has 4 heteroatoms. The summed E-state index contributed by atoms with van der Waals surface area (Å²) >= 11 is 17.5. The van der Waals surface area contributed by atoms with Crippen LogP contribution < -0.4 is 0 Å². The van der Waals surface area contributed by atoms with Crippen LogP contribution in [0, 0.1) is 0 Å². The first kappa shape index (κ1) is 12.1. The van der Waals surface area contributed by atoms with Crippen LogP contribution in [-0.4, -0.2) is 24.4 Å². The molecule has 0 fully saturated rings. The molecule has 0 aliphatic heterocycles. The minimum atomic E-state index is 0.627. The lowest BCUT2D eigenvalue weighted by Gasteiger charge is -2.15. The van der Waals surface area contributed by atoms with Crippen molar-refractivity contribution in [3.63, 3.8) is 0 Å². The molecule has 0 aliphatic carbocycles. The van der Waals surface area contributed by atoms with Crippen LogP contribution in [0.15, 0.2) is 18.2 Å². The molecule has 0 saturated heterocycles. The predicted molar refractivity (Wildman–Crippen MR) is 63.5 cm³/mol. The van der Waals surface area contributed by atoms with Crippen molar-refractivity contribution in [1.82, 2.24) is 4.90 Å². The number of hydrogen-bond acceptors (Lipinski definition) is 1. The number of alkyl halides is 1. The zero-order valence-electron chi connectivity index (χ0n) is 7.93. The van der Waals surface area contributed by atoms with Gasteiger partial charge < -0.3 is 4.90 Å². The molecule has 0 atom stereocenters. The Labute approximate surface area is 99.6 Å². The Morgan fingerprint density at radius 3 is 2.57 bits per heavy atom. The normalized spacial score (nSPS) is 10.9. The van der Waals surface area contributed by atoms with Crippen molar-refractivity contribution >= 4 is 34.8 Å². The van der Waals surface area contributed by atoms with Crippen LogP contribution in [0.1, 0.15) is 5.56 Å². The Balaban J connectivity index is 2.67. The highest BCUT2D eigenvalue weighted by atomic mass is 35.5. The molecule has 0 spiro atoms. The minimum absolute atomic E-state index is 0.627. The first-order chi connectivity index (χ1) is 6.63. The third-order valence-electron chi connectivity index (χ3n) is 1.92. The van der Waals surface area contributed by atoms with Crippen LogP contribution in [0.25, 0.3) is 0 Å². The number of nitrogens with zero attached hydrogens (tertiary/aromatic N) is 1. The molecule has 1 rings (SSSR count). The van der Waals surface area contributed by atoms with Gasteiger partial charge in [0.1, 0.15) is 0 Å². The highest BCUT2D eigenvalue weighted by Gasteiger charge is 2.04. The second-order valence-electron chi connectivity index (χ2n) is 3.16. The summed E-state index contributed by atoms with van der Waals surface area (Å²) in [4.78, 5) is 2.11. The van der Waals surface area contributed by atoms with Crippen LogP contribution in [0.2, 0.25) is 10.0 Å². The Bertz CT molecular complexity index is 301. The smallest absolute Gasteiger partial charge is 0.0465 e. The third kappa shape index (κ3) is 3.66. The molecular formula is C10H12Cl3N. The molecule has 0 N–H and O–H groups in total. The van der Waals surface area contributed by atoms with Crippen molar-refractivity contribution in [1.29, 1.82) is 0 Å². The number of benzene rings is 1. The highest BCUT2D eigenvalue weighted by Crippen LogP contribution is 2.21. The van der Waals surface area contributed by atoms with Gasteiger partial charge in [-0.05, 0) is 24.7 Å². The molecule has 1 nitrogen and oxygen atoms in total. The SMILES string of the molecule is CN(CCCl)Cc1ccc(Cl)cc1Cl. The van der Waals surface area contributed by atoms with E-state index in [9.17, 15) is 0 Å². The maximum Gasteiger partial charge on any atom is 0.0465 e. The van der Waals surface area contributed by atoms with Gasteiger partial charge in [-0.3, -0.25) is 0 Å². The molecule has 1 aromatic rings. The van der Waals surface area contributed by atoms with Crippen molar-refractivity contribution in [3.8, 4) is 0 Å². The maximum absolute atomic E-state index is 6.03. The fourth-order valence-electron chi connectivity index (χ4n) is 1.16. The van der Waals surface area contributed by atoms with Gasteiger partial charge >= 0.3 is 0 Å². The van der Waals surface area contributed by atoms with Crippen LogP contribution >= 0.6 is 34.8 Å². The Morgan fingerprint density at radius 1 is 1.29 bits per heavy atom. The molecule has 0 radical (unpaired) electrons. The van der Waals surface area contributed by atoms with Crippen molar-refractivity contribution in [2.24, 2.45) is 0 Å². The Hall–Kier alpha value is 0.0500. The van der Waals surface area contributed by atoms with Gasteiger partial charge in [0.05, 0.1) is 0 Å². The zero-order valence-corrected chi connectivity index (χ0v) is 10.2. The summed E-state index contributed by atoms with van der Waals surface area (Å²) in [6.07, 6.45) is 0. The van der Waals surface area contributed by atoms with E-state index in [0.717, 1.165) is 18.7 Å². The topological polar surface area (TPSA) is 3.24 Å². The number of hydrogen-bond donors (Lipinski definition) is 0. The van der Waals surface area contributed by atoms with E-state index in [1.807, 2.05) is 19.2 Å². The zero-order chi connectivity index (χ0) is 10.6. The van der Waals surface area contributed by atoms with Gasteiger partial charge in [0.25, 0.3) is 0 Å². The Morgan fingerprint density at radius 2 is 2.00 bits per heavy atom. The average Bonchev–Trinajstić information content (AvgIpc) is 2.10.